The summed E-state index contributed by atoms with van der Waals surface area (Å²) in [5.74, 6) is 1.07. The minimum atomic E-state index is 0. The van der Waals surface area contributed by atoms with Gasteiger partial charge in [0.2, 0.25) is 5.91 Å². The van der Waals surface area contributed by atoms with Crippen LogP contribution in [0.1, 0.15) is 41.6 Å². The van der Waals surface area contributed by atoms with Crippen LogP contribution >= 0.6 is 35.3 Å². The van der Waals surface area contributed by atoms with Crippen molar-refractivity contribution in [1.82, 2.24) is 20.1 Å². The van der Waals surface area contributed by atoms with Gasteiger partial charge in [-0.3, -0.25) is 9.79 Å². The molecule has 0 bridgehead atoms. The lowest BCUT2D eigenvalue weighted by Gasteiger charge is -2.21. The van der Waals surface area contributed by atoms with Crippen molar-refractivity contribution >= 4 is 47.2 Å². The molecule has 1 aliphatic heterocycles. The molecule has 8 heteroatoms. The average molecular weight is 527 g/mol. The van der Waals surface area contributed by atoms with Gasteiger partial charge in [-0.1, -0.05) is 24.3 Å². The number of nitrogens with zero attached hydrogens (tertiary/aromatic N) is 4. The highest BCUT2D eigenvalue weighted by Gasteiger charge is 2.22. The zero-order chi connectivity index (χ0) is 19.9. The van der Waals surface area contributed by atoms with Crippen LogP contribution in [0.4, 0.5) is 0 Å². The molecular weight excluding hydrogens is 497 g/mol. The topological polar surface area (TPSA) is 60.8 Å². The first kappa shape index (κ1) is 23.6. The molecule has 1 N–H and O–H groups in total. The number of halogens is 1. The van der Waals surface area contributed by atoms with E-state index in [1.54, 1.807) is 11.3 Å². The minimum absolute atomic E-state index is 0. The van der Waals surface area contributed by atoms with Gasteiger partial charge in [-0.2, -0.15) is 0 Å². The fraction of sp³-hybridized carbons (Fsp3) is 0.476. The lowest BCUT2D eigenvalue weighted by Crippen LogP contribution is -2.38. The Hall–Kier alpha value is -1.68. The molecule has 6 nitrogen and oxygen atoms in total. The van der Waals surface area contributed by atoms with Crippen molar-refractivity contribution in [2.75, 3.05) is 20.1 Å². The highest BCUT2D eigenvalue weighted by Crippen LogP contribution is 2.22. The predicted octanol–water partition coefficient (Wildman–Crippen LogP) is 3.79. The van der Waals surface area contributed by atoms with Gasteiger partial charge in [-0.25, -0.2) is 4.98 Å². The number of rotatable bonds is 7. The number of guanidine groups is 1. The van der Waals surface area contributed by atoms with Crippen LogP contribution in [-0.2, 0) is 24.4 Å². The molecule has 2 aromatic rings. The molecule has 0 aliphatic carbocycles. The third kappa shape index (κ3) is 6.67. The quantitative estimate of drug-likeness (QED) is 0.258. The maximum atomic E-state index is 12.5. The summed E-state index contributed by atoms with van der Waals surface area (Å²) in [4.78, 5) is 25.7. The SMILES string of the molecule is CCNC(=NCCCC(=O)N1Cc2ccccc2C1)N(C)Cc1csc(C)n1.I. The molecule has 2 heterocycles. The van der Waals surface area contributed by atoms with E-state index in [1.165, 1.54) is 11.1 Å². The van der Waals surface area contributed by atoms with Crippen molar-refractivity contribution in [1.29, 1.82) is 0 Å². The second kappa shape index (κ2) is 11.5. The first-order chi connectivity index (χ1) is 13.6. The van der Waals surface area contributed by atoms with E-state index < -0.39 is 0 Å². The Balaban J connectivity index is 0.00000300. The summed E-state index contributed by atoms with van der Waals surface area (Å²) in [6.45, 7) is 7.71. The largest absolute Gasteiger partial charge is 0.357 e. The van der Waals surface area contributed by atoms with Crippen LogP contribution < -0.4 is 5.32 Å². The molecule has 0 atom stereocenters. The van der Waals surface area contributed by atoms with Gasteiger partial charge in [0.1, 0.15) is 0 Å². The number of hydrogen-bond acceptors (Lipinski definition) is 4. The van der Waals surface area contributed by atoms with E-state index in [4.69, 9.17) is 4.99 Å². The van der Waals surface area contributed by atoms with Gasteiger partial charge in [0.25, 0.3) is 0 Å². The average Bonchev–Trinajstić information content (AvgIpc) is 3.29. The molecule has 3 rings (SSSR count). The van der Waals surface area contributed by atoms with Crippen molar-refractivity contribution in [3.63, 3.8) is 0 Å². The van der Waals surface area contributed by atoms with Crippen molar-refractivity contribution in [3.8, 4) is 0 Å². The van der Waals surface area contributed by atoms with Gasteiger partial charge in [-0.05, 0) is 31.4 Å². The lowest BCUT2D eigenvalue weighted by atomic mass is 10.1. The fourth-order valence-corrected chi connectivity index (χ4v) is 3.96. The number of hydrogen-bond donors (Lipinski definition) is 1. The lowest BCUT2D eigenvalue weighted by molar-refractivity contribution is -0.131. The van der Waals surface area contributed by atoms with E-state index in [9.17, 15) is 4.79 Å². The highest BCUT2D eigenvalue weighted by atomic mass is 127. The zero-order valence-corrected chi connectivity index (χ0v) is 20.5. The van der Waals surface area contributed by atoms with Crippen LogP contribution in [0.5, 0.6) is 0 Å². The fourth-order valence-electron chi connectivity index (χ4n) is 3.35. The molecule has 0 saturated carbocycles. The van der Waals surface area contributed by atoms with E-state index in [2.05, 4.69) is 39.6 Å². The molecule has 1 aliphatic rings. The highest BCUT2D eigenvalue weighted by molar-refractivity contribution is 14.0. The normalized spacial score (nSPS) is 13.1. The molecule has 1 aromatic heterocycles. The monoisotopic (exact) mass is 527 g/mol. The molecule has 0 saturated heterocycles. The molecule has 1 amide bonds. The van der Waals surface area contributed by atoms with Crippen LogP contribution in [0.25, 0.3) is 0 Å². The number of aromatic nitrogens is 1. The summed E-state index contributed by atoms with van der Waals surface area (Å²) >= 11 is 1.66. The van der Waals surface area contributed by atoms with E-state index in [-0.39, 0.29) is 29.9 Å². The maximum Gasteiger partial charge on any atom is 0.223 e. The summed E-state index contributed by atoms with van der Waals surface area (Å²) in [6.07, 6.45) is 1.29. The van der Waals surface area contributed by atoms with E-state index >= 15 is 0 Å². The molecule has 158 valence electrons. The van der Waals surface area contributed by atoms with Gasteiger partial charge in [0, 0.05) is 45.0 Å². The third-order valence-corrected chi connectivity index (χ3v) is 5.59. The summed E-state index contributed by atoms with van der Waals surface area (Å²) in [7, 11) is 2.02. The standard InChI is InChI=1S/C21H29N5OS.HI/c1-4-22-21(25(3)14-19-15-28-16(2)24-19)23-11-7-10-20(27)26-12-17-8-5-6-9-18(17)13-26;/h5-6,8-9,15H,4,7,10-14H2,1-3H3,(H,22,23);1H. The Bertz CT molecular complexity index is 813. The number of thiazole rings is 1. The molecule has 0 radical (unpaired) electrons. The molecular formula is C21H30IN5OS. The molecule has 0 fully saturated rings. The van der Waals surface area contributed by atoms with Crippen molar-refractivity contribution in [2.24, 2.45) is 4.99 Å². The summed E-state index contributed by atoms with van der Waals surface area (Å²) in [6, 6.07) is 8.28. The Morgan fingerprint density at radius 3 is 2.59 bits per heavy atom. The van der Waals surface area contributed by atoms with E-state index in [0.717, 1.165) is 49.3 Å². The summed E-state index contributed by atoms with van der Waals surface area (Å²) in [5.41, 5.74) is 3.59. The van der Waals surface area contributed by atoms with Gasteiger partial charge < -0.3 is 15.1 Å². The van der Waals surface area contributed by atoms with E-state index in [0.29, 0.717) is 13.0 Å². The Kier molecular flexibility index (Phi) is 9.35. The van der Waals surface area contributed by atoms with Crippen LogP contribution in [-0.4, -0.2) is 46.8 Å². The van der Waals surface area contributed by atoms with Crippen LogP contribution in [0.15, 0.2) is 34.6 Å². The number of nitrogens with one attached hydrogen (secondary N) is 1. The first-order valence-electron chi connectivity index (χ1n) is 9.82. The van der Waals surface area contributed by atoms with Crippen molar-refractivity contribution < 1.29 is 4.79 Å². The smallest absolute Gasteiger partial charge is 0.223 e. The van der Waals surface area contributed by atoms with Gasteiger partial charge >= 0.3 is 0 Å². The number of amides is 1. The number of carbonyl (C=O) groups is 1. The Morgan fingerprint density at radius 2 is 2.00 bits per heavy atom. The molecule has 0 spiro atoms. The second-order valence-electron chi connectivity index (χ2n) is 7.07. The number of fused-ring (bicyclic) bond motifs is 1. The van der Waals surface area contributed by atoms with E-state index in [1.807, 2.05) is 31.0 Å². The summed E-state index contributed by atoms with van der Waals surface area (Å²) < 4.78 is 0. The number of aliphatic imine (C=N–C) groups is 1. The maximum absolute atomic E-state index is 12.5. The zero-order valence-electron chi connectivity index (χ0n) is 17.4. The van der Waals surface area contributed by atoms with Crippen LogP contribution in [0.2, 0.25) is 0 Å². The predicted molar refractivity (Wildman–Crippen MR) is 130 cm³/mol. The number of carbonyl (C=O) groups excluding carboxylic acids is 1. The van der Waals surface area contributed by atoms with Crippen LogP contribution in [0, 0.1) is 6.92 Å². The second-order valence-corrected chi connectivity index (χ2v) is 8.13. The van der Waals surface area contributed by atoms with Crippen molar-refractivity contribution in [3.05, 3.63) is 51.5 Å². The number of aryl methyl sites for hydroxylation is 1. The van der Waals surface area contributed by atoms with Gasteiger partial charge in [0.05, 0.1) is 17.2 Å². The number of benzene rings is 1. The van der Waals surface area contributed by atoms with Gasteiger partial charge in [0.15, 0.2) is 5.96 Å². The van der Waals surface area contributed by atoms with Gasteiger partial charge in [-0.15, -0.1) is 35.3 Å². The first-order valence-corrected chi connectivity index (χ1v) is 10.7. The molecule has 0 unspecified atom stereocenters. The molecule has 1 aromatic carbocycles. The minimum Gasteiger partial charge on any atom is -0.357 e. The summed E-state index contributed by atoms with van der Waals surface area (Å²) in [5, 5.41) is 6.48. The Labute approximate surface area is 194 Å². The Morgan fingerprint density at radius 1 is 1.31 bits per heavy atom. The van der Waals surface area contributed by atoms with Crippen molar-refractivity contribution in [2.45, 2.75) is 46.3 Å². The molecule has 29 heavy (non-hydrogen) atoms. The third-order valence-electron chi connectivity index (χ3n) is 4.77. The van der Waals surface area contributed by atoms with Crippen LogP contribution in [0.3, 0.4) is 0 Å².